The van der Waals surface area contributed by atoms with E-state index in [1.165, 1.54) is 12.1 Å². The van der Waals surface area contributed by atoms with Gasteiger partial charge in [0.1, 0.15) is 5.82 Å². The van der Waals surface area contributed by atoms with Gasteiger partial charge in [0.2, 0.25) is 5.91 Å². The maximum Gasteiger partial charge on any atom is 0.401 e. The van der Waals surface area contributed by atoms with E-state index < -0.39 is 31.0 Å². The Bertz CT molecular complexity index is 436. The molecule has 1 amide bonds. The second kappa shape index (κ2) is 6.01. The van der Waals surface area contributed by atoms with Gasteiger partial charge < -0.3 is 10.6 Å². The molecular formula is C10H9ClF4N2O. The first kappa shape index (κ1) is 14.7. The van der Waals surface area contributed by atoms with Crippen molar-refractivity contribution < 1.29 is 22.4 Å². The zero-order chi connectivity index (χ0) is 13.8. The maximum atomic E-state index is 13.2. The van der Waals surface area contributed by atoms with Crippen LogP contribution in [0.15, 0.2) is 18.2 Å². The molecule has 0 atom stereocenters. The number of anilines is 1. The topological polar surface area (TPSA) is 41.1 Å². The highest BCUT2D eigenvalue weighted by atomic mass is 35.5. The van der Waals surface area contributed by atoms with Crippen molar-refractivity contribution in [2.24, 2.45) is 0 Å². The van der Waals surface area contributed by atoms with E-state index in [0.717, 1.165) is 6.07 Å². The summed E-state index contributed by atoms with van der Waals surface area (Å²) in [7, 11) is 0. The van der Waals surface area contributed by atoms with Crippen LogP contribution in [0.4, 0.5) is 23.2 Å². The van der Waals surface area contributed by atoms with E-state index in [-0.39, 0.29) is 10.7 Å². The van der Waals surface area contributed by atoms with E-state index in [0.29, 0.717) is 0 Å². The smallest absolute Gasteiger partial charge is 0.322 e. The van der Waals surface area contributed by atoms with Crippen molar-refractivity contribution in [2.75, 3.05) is 18.4 Å². The van der Waals surface area contributed by atoms with Crippen molar-refractivity contribution in [2.45, 2.75) is 6.18 Å². The molecule has 2 N–H and O–H groups in total. The fourth-order valence-electron chi connectivity index (χ4n) is 1.10. The lowest BCUT2D eigenvalue weighted by molar-refractivity contribution is -0.126. The molecule has 0 unspecified atom stereocenters. The van der Waals surface area contributed by atoms with Gasteiger partial charge in [-0.25, -0.2) is 4.39 Å². The van der Waals surface area contributed by atoms with Gasteiger partial charge in [0.15, 0.2) is 0 Å². The Balaban J connectivity index is 2.45. The Hall–Kier alpha value is -1.34. The van der Waals surface area contributed by atoms with E-state index in [4.69, 9.17) is 11.6 Å². The van der Waals surface area contributed by atoms with Crippen LogP contribution in [-0.4, -0.2) is 25.2 Å². The molecule has 100 valence electrons. The summed E-state index contributed by atoms with van der Waals surface area (Å²) < 4.78 is 48.5. The normalized spacial score (nSPS) is 11.4. The third kappa shape index (κ3) is 5.33. The monoisotopic (exact) mass is 284 g/mol. The van der Waals surface area contributed by atoms with Gasteiger partial charge in [0.05, 0.1) is 18.8 Å². The molecule has 8 heteroatoms. The standard InChI is InChI=1S/C10H9ClF4N2O/c11-6-1-2-8(7(12)3-6)17-9(18)4-16-5-10(13,14)15/h1-3,16H,4-5H2,(H,17,18). The van der Waals surface area contributed by atoms with Crippen molar-refractivity contribution in [1.82, 2.24) is 5.32 Å². The molecule has 1 rings (SSSR count). The number of amides is 1. The van der Waals surface area contributed by atoms with Crippen LogP contribution < -0.4 is 10.6 Å². The third-order valence-corrected chi connectivity index (χ3v) is 2.05. The molecule has 3 nitrogen and oxygen atoms in total. The summed E-state index contributed by atoms with van der Waals surface area (Å²) >= 11 is 5.50. The van der Waals surface area contributed by atoms with E-state index in [1.807, 2.05) is 5.32 Å². The molecule has 0 aliphatic heterocycles. The zero-order valence-corrected chi connectivity index (χ0v) is 9.70. The average molecular weight is 285 g/mol. The fourth-order valence-corrected chi connectivity index (χ4v) is 1.26. The molecule has 0 saturated heterocycles. The zero-order valence-electron chi connectivity index (χ0n) is 8.94. The van der Waals surface area contributed by atoms with Gasteiger partial charge in [-0.3, -0.25) is 4.79 Å². The molecule has 1 aromatic carbocycles. The SMILES string of the molecule is O=C(CNCC(F)(F)F)Nc1ccc(Cl)cc1F. The summed E-state index contributed by atoms with van der Waals surface area (Å²) in [6.07, 6.45) is -4.40. The first-order valence-electron chi connectivity index (χ1n) is 4.80. The van der Waals surface area contributed by atoms with E-state index in [1.54, 1.807) is 0 Å². The van der Waals surface area contributed by atoms with Gasteiger partial charge >= 0.3 is 6.18 Å². The molecule has 0 saturated carbocycles. The Morgan fingerprint density at radius 1 is 1.33 bits per heavy atom. The van der Waals surface area contributed by atoms with E-state index in [2.05, 4.69) is 5.32 Å². The van der Waals surface area contributed by atoms with Crippen molar-refractivity contribution in [3.8, 4) is 0 Å². The van der Waals surface area contributed by atoms with Crippen LogP contribution >= 0.6 is 11.6 Å². The van der Waals surface area contributed by atoms with Crippen LogP contribution in [0, 0.1) is 5.82 Å². The molecule has 0 aliphatic carbocycles. The van der Waals surface area contributed by atoms with Crippen LogP contribution in [0.2, 0.25) is 5.02 Å². The summed E-state index contributed by atoms with van der Waals surface area (Å²) in [6.45, 7) is -1.86. The fraction of sp³-hybridized carbons (Fsp3) is 0.300. The Morgan fingerprint density at radius 2 is 2.00 bits per heavy atom. The highest BCUT2D eigenvalue weighted by Gasteiger charge is 2.26. The first-order valence-corrected chi connectivity index (χ1v) is 5.18. The van der Waals surface area contributed by atoms with Gasteiger partial charge in [0, 0.05) is 5.02 Å². The Labute approximate surface area is 105 Å². The number of carbonyl (C=O) groups is 1. The molecule has 0 radical (unpaired) electrons. The Morgan fingerprint density at radius 3 is 2.56 bits per heavy atom. The van der Waals surface area contributed by atoms with Crippen molar-refractivity contribution >= 4 is 23.2 Å². The largest absolute Gasteiger partial charge is 0.401 e. The Kier molecular flexibility index (Phi) is 4.92. The molecule has 0 aromatic heterocycles. The molecular weight excluding hydrogens is 276 g/mol. The molecule has 0 aliphatic rings. The minimum atomic E-state index is -4.40. The van der Waals surface area contributed by atoms with E-state index in [9.17, 15) is 22.4 Å². The van der Waals surface area contributed by atoms with Gasteiger partial charge in [-0.1, -0.05) is 11.6 Å². The van der Waals surface area contributed by atoms with Crippen molar-refractivity contribution in [1.29, 1.82) is 0 Å². The molecule has 0 spiro atoms. The van der Waals surface area contributed by atoms with Crippen molar-refractivity contribution in [3.05, 3.63) is 29.0 Å². The quantitative estimate of drug-likeness (QED) is 0.835. The minimum Gasteiger partial charge on any atom is -0.322 e. The lowest BCUT2D eigenvalue weighted by atomic mass is 10.3. The number of hydrogen-bond acceptors (Lipinski definition) is 2. The van der Waals surface area contributed by atoms with Gasteiger partial charge in [-0.2, -0.15) is 13.2 Å². The van der Waals surface area contributed by atoms with Crippen molar-refractivity contribution in [3.63, 3.8) is 0 Å². The van der Waals surface area contributed by atoms with Crippen LogP contribution in [0.5, 0.6) is 0 Å². The lowest BCUT2D eigenvalue weighted by Crippen LogP contribution is -2.35. The van der Waals surface area contributed by atoms with Crippen LogP contribution in [-0.2, 0) is 4.79 Å². The van der Waals surface area contributed by atoms with Gasteiger partial charge in [0.25, 0.3) is 0 Å². The average Bonchev–Trinajstić information content (AvgIpc) is 2.20. The number of carbonyl (C=O) groups excluding carboxylic acids is 1. The predicted octanol–water partition coefficient (Wildman–Crippen LogP) is 2.57. The number of alkyl halides is 3. The summed E-state index contributed by atoms with van der Waals surface area (Å²) in [5.74, 6) is -1.54. The van der Waals surface area contributed by atoms with Gasteiger partial charge in [-0.05, 0) is 18.2 Å². The predicted molar refractivity (Wildman–Crippen MR) is 59.0 cm³/mol. The number of rotatable bonds is 4. The summed E-state index contributed by atoms with van der Waals surface area (Å²) in [5, 5.41) is 4.17. The molecule has 0 heterocycles. The summed E-state index contributed by atoms with van der Waals surface area (Å²) in [6, 6.07) is 3.56. The maximum absolute atomic E-state index is 13.2. The summed E-state index contributed by atoms with van der Waals surface area (Å²) in [4.78, 5) is 11.2. The van der Waals surface area contributed by atoms with Crippen LogP contribution in [0.1, 0.15) is 0 Å². The minimum absolute atomic E-state index is 0.141. The first-order chi connectivity index (χ1) is 8.28. The molecule has 0 bridgehead atoms. The number of halogens is 5. The second-order valence-corrected chi connectivity index (χ2v) is 3.83. The lowest BCUT2D eigenvalue weighted by Gasteiger charge is -2.09. The molecule has 0 fully saturated rings. The number of nitrogens with one attached hydrogen (secondary N) is 2. The third-order valence-electron chi connectivity index (χ3n) is 1.82. The van der Waals surface area contributed by atoms with Crippen LogP contribution in [0.3, 0.4) is 0 Å². The number of benzene rings is 1. The highest BCUT2D eigenvalue weighted by Crippen LogP contribution is 2.18. The van der Waals surface area contributed by atoms with E-state index >= 15 is 0 Å². The molecule has 1 aromatic rings. The van der Waals surface area contributed by atoms with Gasteiger partial charge in [-0.15, -0.1) is 0 Å². The second-order valence-electron chi connectivity index (χ2n) is 3.39. The van der Waals surface area contributed by atoms with Crippen LogP contribution in [0.25, 0.3) is 0 Å². The number of hydrogen-bond donors (Lipinski definition) is 2. The summed E-state index contributed by atoms with van der Waals surface area (Å²) in [5.41, 5.74) is -0.141. The molecule has 18 heavy (non-hydrogen) atoms. The highest BCUT2D eigenvalue weighted by molar-refractivity contribution is 6.30.